The predicted molar refractivity (Wildman–Crippen MR) is 180 cm³/mol. The highest BCUT2D eigenvalue weighted by Crippen LogP contribution is 2.35. The second kappa shape index (κ2) is 15.0. The Kier molecular flexibility index (Phi) is 10.8. The van der Waals surface area contributed by atoms with E-state index in [1.807, 2.05) is 29.2 Å². The number of piperidine rings is 2. The lowest BCUT2D eigenvalue weighted by Gasteiger charge is -2.41. The number of nitrogens with one attached hydrogen (secondary N) is 2. The maximum absolute atomic E-state index is 13.9. The van der Waals surface area contributed by atoms with Crippen molar-refractivity contribution in [1.82, 2.24) is 24.9 Å². The molecular weight excluding hydrogens is 693 g/mol. The fourth-order valence-corrected chi connectivity index (χ4v) is 7.96. The Balaban J connectivity index is 0.00000468. The molecule has 48 heavy (non-hydrogen) atoms. The molecule has 4 amide bonds. The predicted octanol–water partition coefficient (Wildman–Crippen LogP) is 5.21. The monoisotopic (exact) mass is 736 g/mol. The Hall–Kier alpha value is -3.36. The number of para-hydroxylation sites is 1. The number of hydrogen-bond donors (Lipinski definition) is 2. The number of halogens is 4. The molecule has 3 fully saturated rings. The number of nitrogens with zero attached hydrogens (tertiary/aromatic N) is 4. The molecule has 14 heteroatoms. The molecule has 6 rings (SSSR count). The summed E-state index contributed by atoms with van der Waals surface area (Å²) in [6.45, 7) is 6.13. The summed E-state index contributed by atoms with van der Waals surface area (Å²) < 4.78 is 46.0. The molecule has 0 aromatic heterocycles. The summed E-state index contributed by atoms with van der Waals surface area (Å²) in [6, 6.07) is 11.6. The molecule has 4 heterocycles. The molecule has 10 nitrogen and oxygen atoms in total. The number of rotatable bonds is 6. The lowest BCUT2D eigenvalue weighted by Crippen LogP contribution is -2.54. The second-order valence-corrected chi connectivity index (χ2v) is 13.8. The van der Waals surface area contributed by atoms with Gasteiger partial charge in [-0.2, -0.15) is 13.2 Å². The quantitative estimate of drug-likeness (QED) is 0.423. The lowest BCUT2D eigenvalue weighted by atomic mass is 10.00. The summed E-state index contributed by atoms with van der Waals surface area (Å²) in [6.07, 6.45) is -2.95. The lowest BCUT2D eigenvalue weighted by molar-refractivity contribution is -0.142. The second-order valence-electron chi connectivity index (χ2n) is 13.0. The van der Waals surface area contributed by atoms with E-state index in [0.717, 1.165) is 62.8 Å². The van der Waals surface area contributed by atoms with Crippen molar-refractivity contribution in [1.29, 1.82) is 0 Å². The van der Waals surface area contributed by atoms with Gasteiger partial charge in [0, 0.05) is 89.0 Å². The average Bonchev–Trinajstić information content (AvgIpc) is 3.25. The number of benzene rings is 2. The SMILES string of the molecule is O=C(O[C@H](Cc1ccc(C(F)(F)F)c(Br)c1)C(=O)N1CCC(N2CCNCC2)CC1)N1CCC(N2CCc3ccccc3NC2=O)CC1.[HH]. The molecule has 2 N–H and O–H groups in total. The van der Waals surface area contributed by atoms with Crippen LogP contribution in [0.15, 0.2) is 46.9 Å². The molecule has 0 unspecified atom stereocenters. The Morgan fingerprint density at radius 1 is 0.917 bits per heavy atom. The third kappa shape index (κ3) is 8.08. The van der Waals surface area contributed by atoms with Crippen LogP contribution in [0.25, 0.3) is 0 Å². The van der Waals surface area contributed by atoms with Crippen molar-refractivity contribution < 1.29 is 33.7 Å². The Morgan fingerprint density at radius 2 is 1.58 bits per heavy atom. The van der Waals surface area contributed by atoms with E-state index in [2.05, 4.69) is 31.5 Å². The van der Waals surface area contributed by atoms with Gasteiger partial charge >= 0.3 is 18.3 Å². The topological polar surface area (TPSA) is 97.5 Å². The summed E-state index contributed by atoms with van der Waals surface area (Å²) in [5, 5.41) is 6.36. The van der Waals surface area contributed by atoms with Gasteiger partial charge in [0.05, 0.1) is 5.56 Å². The van der Waals surface area contributed by atoms with E-state index < -0.39 is 23.9 Å². The van der Waals surface area contributed by atoms with Gasteiger partial charge in [-0.05, 0) is 61.4 Å². The number of carbonyl (C=O) groups is 3. The minimum Gasteiger partial charge on any atom is -0.436 e. The fraction of sp³-hybridized carbons (Fsp3) is 0.559. The molecule has 2 aromatic carbocycles. The van der Waals surface area contributed by atoms with E-state index in [-0.39, 0.29) is 30.3 Å². The highest BCUT2D eigenvalue weighted by molar-refractivity contribution is 9.10. The van der Waals surface area contributed by atoms with Crippen LogP contribution in [0.1, 0.15) is 43.8 Å². The summed E-state index contributed by atoms with van der Waals surface area (Å²) >= 11 is 3.03. The maximum Gasteiger partial charge on any atom is 0.417 e. The number of fused-ring (bicyclic) bond motifs is 1. The Bertz CT molecular complexity index is 1480. The summed E-state index contributed by atoms with van der Waals surface area (Å²) in [5.41, 5.74) is 1.53. The van der Waals surface area contributed by atoms with Gasteiger partial charge < -0.3 is 30.1 Å². The van der Waals surface area contributed by atoms with Crippen molar-refractivity contribution in [3.8, 4) is 0 Å². The first-order valence-electron chi connectivity index (χ1n) is 16.8. The van der Waals surface area contributed by atoms with Crippen LogP contribution in [-0.4, -0.2) is 115 Å². The van der Waals surface area contributed by atoms with E-state index in [1.54, 1.807) is 9.80 Å². The number of piperazine rings is 1. The van der Waals surface area contributed by atoms with Crippen molar-refractivity contribution in [2.24, 2.45) is 0 Å². The molecule has 0 spiro atoms. The van der Waals surface area contributed by atoms with Gasteiger partial charge in [-0.1, -0.05) is 40.2 Å². The number of alkyl halides is 3. The first-order valence-corrected chi connectivity index (χ1v) is 17.6. The molecule has 4 aliphatic heterocycles. The van der Waals surface area contributed by atoms with E-state index in [4.69, 9.17) is 4.74 Å². The van der Waals surface area contributed by atoms with Crippen LogP contribution in [0.5, 0.6) is 0 Å². The van der Waals surface area contributed by atoms with Crippen LogP contribution in [-0.2, 0) is 28.5 Å². The number of anilines is 1. The molecule has 1 atom stereocenters. The average molecular weight is 738 g/mol. The summed E-state index contributed by atoms with van der Waals surface area (Å²) in [5.74, 6) is -0.339. The zero-order valence-electron chi connectivity index (χ0n) is 26.8. The number of ether oxygens (including phenoxy) is 1. The van der Waals surface area contributed by atoms with Gasteiger partial charge in [0.15, 0.2) is 6.10 Å². The standard InChI is InChI=1S/C34H42BrF3N6O4.H2/c35-28-21-23(5-6-27(28)34(36,37)38)22-30(31(45)42-14-8-25(9-15-42)41-19-12-39-13-20-41)48-33(47)43-16-10-26(11-17-43)44-18-7-24-3-1-2-4-29(24)40-32(44)46;/h1-6,21,25-26,30,39H,7-20,22H2,(H,40,46);1H/t30-;/m1./s1. The molecular formula is C34H44BrF3N6O4. The van der Waals surface area contributed by atoms with Gasteiger partial charge in [-0.3, -0.25) is 9.69 Å². The number of amides is 4. The Morgan fingerprint density at radius 3 is 2.27 bits per heavy atom. The van der Waals surface area contributed by atoms with E-state index in [0.29, 0.717) is 57.2 Å². The summed E-state index contributed by atoms with van der Waals surface area (Å²) in [4.78, 5) is 48.0. The van der Waals surface area contributed by atoms with E-state index in [9.17, 15) is 27.6 Å². The number of likely N-dealkylation sites (tertiary alicyclic amines) is 2. The van der Waals surface area contributed by atoms with Gasteiger partial charge in [-0.15, -0.1) is 0 Å². The van der Waals surface area contributed by atoms with Crippen molar-refractivity contribution in [3.63, 3.8) is 0 Å². The van der Waals surface area contributed by atoms with Gasteiger partial charge in [0.2, 0.25) is 0 Å². The molecule has 262 valence electrons. The molecule has 3 saturated heterocycles. The smallest absolute Gasteiger partial charge is 0.417 e. The van der Waals surface area contributed by atoms with Crippen molar-refractivity contribution in [2.45, 2.75) is 62.9 Å². The highest BCUT2D eigenvalue weighted by atomic mass is 79.9. The van der Waals surface area contributed by atoms with Crippen molar-refractivity contribution in [2.75, 3.05) is 64.2 Å². The van der Waals surface area contributed by atoms with Crippen LogP contribution in [0.4, 0.5) is 28.4 Å². The van der Waals surface area contributed by atoms with Crippen LogP contribution >= 0.6 is 15.9 Å². The molecule has 4 aliphatic rings. The third-order valence-electron chi connectivity index (χ3n) is 10.0. The van der Waals surface area contributed by atoms with Crippen LogP contribution in [0.2, 0.25) is 0 Å². The third-order valence-corrected chi connectivity index (χ3v) is 10.7. The summed E-state index contributed by atoms with van der Waals surface area (Å²) in [7, 11) is 0. The maximum atomic E-state index is 13.9. The van der Waals surface area contributed by atoms with Crippen LogP contribution in [0, 0.1) is 0 Å². The van der Waals surface area contributed by atoms with Crippen molar-refractivity contribution >= 4 is 39.6 Å². The minimum absolute atomic E-state index is 0. The first-order chi connectivity index (χ1) is 23.1. The van der Waals surface area contributed by atoms with Crippen molar-refractivity contribution in [3.05, 3.63) is 63.6 Å². The number of carbonyl (C=O) groups excluding carboxylic acids is 3. The van der Waals surface area contributed by atoms with Crippen LogP contribution < -0.4 is 10.6 Å². The van der Waals surface area contributed by atoms with Crippen LogP contribution in [0.3, 0.4) is 0 Å². The molecule has 0 radical (unpaired) electrons. The molecule has 0 bridgehead atoms. The molecule has 2 aromatic rings. The minimum atomic E-state index is -4.53. The Labute approximate surface area is 288 Å². The zero-order chi connectivity index (χ0) is 33.8. The first kappa shape index (κ1) is 34.5. The van der Waals surface area contributed by atoms with E-state index >= 15 is 0 Å². The normalized spacial score (nSPS) is 20.9. The number of urea groups is 1. The van der Waals surface area contributed by atoms with Gasteiger partial charge in [-0.25, -0.2) is 9.59 Å². The van der Waals surface area contributed by atoms with Gasteiger partial charge in [0.25, 0.3) is 5.91 Å². The highest BCUT2D eigenvalue weighted by Gasteiger charge is 2.37. The largest absolute Gasteiger partial charge is 0.436 e. The van der Waals surface area contributed by atoms with Gasteiger partial charge in [0.1, 0.15) is 0 Å². The molecule has 0 aliphatic carbocycles. The zero-order valence-corrected chi connectivity index (χ0v) is 28.4. The number of hydrogen-bond acceptors (Lipinski definition) is 6. The molecule has 0 saturated carbocycles. The fourth-order valence-electron chi connectivity index (χ4n) is 7.31. The van der Waals surface area contributed by atoms with E-state index in [1.165, 1.54) is 12.1 Å².